The van der Waals surface area contributed by atoms with E-state index in [0.29, 0.717) is 5.92 Å². The van der Waals surface area contributed by atoms with E-state index in [1.807, 2.05) is 0 Å². The van der Waals surface area contributed by atoms with Gasteiger partial charge in [0.05, 0.1) is 22.1 Å². The maximum absolute atomic E-state index is 2.62. The molecule has 23 aromatic carbocycles. The molecule has 0 N–H and O–H groups in total. The van der Waals surface area contributed by atoms with Crippen LogP contribution in [0, 0.1) is 12.8 Å². The zero-order chi connectivity index (χ0) is 73.9. The topological polar surface area (TPSA) is 9.86 Å². The zero-order valence-corrected chi connectivity index (χ0v) is 62.5. The number of aromatic nitrogens is 2. The number of benzene rings is 19. The summed E-state index contributed by atoms with van der Waals surface area (Å²) in [7, 11) is 0. The molecule has 25 aromatic rings. The largest absolute Gasteiger partial charge is 0.309 e. The Morgan fingerprint density at radius 1 is 0.230 bits per heavy atom. The highest BCUT2D eigenvalue weighted by Gasteiger charge is 2.33. The average molecular weight is 1430 g/mol. The second kappa shape index (κ2) is 22.5. The van der Waals surface area contributed by atoms with Crippen molar-refractivity contribution in [1.29, 1.82) is 0 Å². The van der Waals surface area contributed by atoms with Crippen molar-refractivity contribution < 1.29 is 0 Å². The van der Waals surface area contributed by atoms with Crippen LogP contribution in [0.4, 0.5) is 0 Å². The Hall–Kier alpha value is -14.2. The molecule has 113 heavy (non-hydrogen) atoms. The van der Waals surface area contributed by atoms with Crippen molar-refractivity contribution >= 4 is 200 Å². The molecule has 1 unspecified atom stereocenters. The van der Waals surface area contributed by atoms with Gasteiger partial charge in [-0.05, 0) is 298 Å². The van der Waals surface area contributed by atoms with Gasteiger partial charge < -0.3 is 9.13 Å². The Morgan fingerprint density at radius 2 is 0.619 bits per heavy atom. The van der Waals surface area contributed by atoms with E-state index in [1.54, 1.807) is 0 Å². The summed E-state index contributed by atoms with van der Waals surface area (Å²) in [6.45, 7) is 7.01. The van der Waals surface area contributed by atoms with Crippen LogP contribution in [-0.2, 0) is 0 Å². The summed E-state index contributed by atoms with van der Waals surface area (Å²) in [5.41, 5.74) is 22.4. The van der Waals surface area contributed by atoms with Crippen molar-refractivity contribution in [2.24, 2.45) is 5.92 Å². The highest BCUT2D eigenvalue weighted by molar-refractivity contribution is 6.50. The maximum Gasteiger partial charge on any atom is 0.0553 e. The summed E-state index contributed by atoms with van der Waals surface area (Å²) in [6, 6.07) is 126. The first kappa shape index (κ1) is 61.7. The predicted octanol–water partition coefficient (Wildman–Crippen LogP) is 31.3. The van der Waals surface area contributed by atoms with Crippen LogP contribution in [0.1, 0.15) is 25.8 Å². The maximum atomic E-state index is 2.62. The number of nitrogens with zero attached hydrogens (tertiary/aromatic N) is 2. The molecule has 0 saturated heterocycles. The SMILES string of the molecule is CC1=C(n2c3ccccc3c3c4cccc5c6c(-c7ccccc7)c7c(cc8c9cccc(-c%10ccc%11c(c%10)c%10c%12cccc%13c%14c(-c%15ccccc%15)c%15cc%16c%17ccccc%17c%17cccc(c%15c(-c%15ccccc%15)c%14c(cc%10n%11-c%10ccccc%10C)c%13%12)c%17%16)c9c9cccc7c89)c(-c7ccccc7)c6c(cc32)c54)C=CCC1C. The average Bonchev–Trinajstić information content (AvgIpc) is 1.52. The van der Waals surface area contributed by atoms with Crippen LogP contribution in [0.25, 0.3) is 261 Å². The van der Waals surface area contributed by atoms with E-state index in [0.717, 1.165) is 6.42 Å². The molecular formula is C111H68N2. The summed E-state index contributed by atoms with van der Waals surface area (Å²) in [5.74, 6) is 0.440. The number of hydrogen-bond acceptors (Lipinski definition) is 0. The third kappa shape index (κ3) is 7.96. The summed E-state index contributed by atoms with van der Waals surface area (Å²) >= 11 is 0. The van der Waals surface area contributed by atoms with Crippen LogP contribution < -0.4 is 0 Å². The monoisotopic (exact) mass is 1430 g/mol. The van der Waals surface area contributed by atoms with Gasteiger partial charge in [0.15, 0.2) is 0 Å². The Kier molecular flexibility index (Phi) is 12.3. The van der Waals surface area contributed by atoms with Gasteiger partial charge in [0.25, 0.3) is 0 Å². The molecule has 522 valence electrons. The van der Waals surface area contributed by atoms with Gasteiger partial charge in [0, 0.05) is 32.9 Å². The third-order valence-electron chi connectivity index (χ3n) is 26.8. The van der Waals surface area contributed by atoms with Crippen LogP contribution >= 0.6 is 0 Å². The minimum Gasteiger partial charge on any atom is -0.309 e. The molecule has 0 radical (unpaired) electrons. The van der Waals surface area contributed by atoms with Gasteiger partial charge in [-0.3, -0.25) is 0 Å². The standard InChI is InChI=1S/C111H68N2/c1-61-29-22-53-90(63(61)3)113-91-52-21-19-40-74(91)104-76-45-26-50-81-102(76)87(59-93(104)113)110-96(65-32-10-5-11-33-65)86-58-83-73-43-23-41-69(99(73)75-44-25-48-79(101(75)83)107(86)97(109(81)110)66-34-12-6-13-35-66)68-54-55-92-84(56-68)105-77-46-27-49-80-103(77)88(60-94(105)112(92)89-51-20-16-28-62(89)2)111-98(67-36-14-7-15-37-67)106-78-47-24-42-72-70-38-17-18-39-71(70)82(100(72)78)57-85(106)95(108(80)111)64-30-8-4-9-31-64/h4-28,30-61H,29H2,1-3H3. The van der Waals surface area contributed by atoms with Crippen LogP contribution in [-0.4, -0.2) is 9.13 Å². The first-order valence-electron chi connectivity index (χ1n) is 40.0. The molecular weight excluding hydrogens is 1360 g/mol. The summed E-state index contributed by atoms with van der Waals surface area (Å²) < 4.78 is 5.19. The van der Waals surface area contributed by atoms with E-state index >= 15 is 0 Å². The molecule has 0 amide bonds. The normalized spacial score (nSPS) is 14.0. The Bertz CT molecular complexity index is 8570. The van der Waals surface area contributed by atoms with Crippen LogP contribution in [0.3, 0.4) is 0 Å². The minimum atomic E-state index is 0.440. The fourth-order valence-corrected chi connectivity index (χ4v) is 22.1. The quantitative estimate of drug-likeness (QED) is 0.141. The third-order valence-corrected chi connectivity index (χ3v) is 26.8. The van der Waals surface area contributed by atoms with Crippen LogP contribution in [0.5, 0.6) is 0 Å². The molecule has 2 heteroatoms. The highest BCUT2D eigenvalue weighted by Crippen LogP contribution is 2.60. The molecule has 26 rings (SSSR count). The summed E-state index contributed by atoms with van der Waals surface area (Å²) in [6.07, 6.45) is 5.82. The first-order valence-corrected chi connectivity index (χ1v) is 40.0. The van der Waals surface area contributed by atoms with E-state index < -0.39 is 0 Å². The Labute approximate surface area is 650 Å². The van der Waals surface area contributed by atoms with Crippen LogP contribution in [0.15, 0.2) is 345 Å². The molecule has 0 bridgehead atoms. The van der Waals surface area contributed by atoms with Gasteiger partial charge >= 0.3 is 0 Å². The lowest BCUT2D eigenvalue weighted by molar-refractivity contribution is 0.685. The number of aryl methyl sites for hydroxylation is 1. The molecule has 1 atom stereocenters. The molecule has 2 nitrogen and oxygen atoms in total. The van der Waals surface area contributed by atoms with Crippen molar-refractivity contribution in [2.75, 3.05) is 0 Å². The number of fused-ring (bicyclic) bond motifs is 24. The lowest BCUT2D eigenvalue weighted by Gasteiger charge is -2.21. The van der Waals surface area contributed by atoms with E-state index in [1.165, 1.54) is 273 Å². The van der Waals surface area contributed by atoms with Crippen molar-refractivity contribution in [3.8, 4) is 61.3 Å². The van der Waals surface area contributed by atoms with Crippen molar-refractivity contribution in [1.82, 2.24) is 9.13 Å². The fraction of sp³-hybridized carbons (Fsp3) is 0.0450. The van der Waals surface area contributed by atoms with Gasteiger partial charge in [-0.25, -0.2) is 0 Å². The summed E-state index contributed by atoms with van der Waals surface area (Å²) in [5, 5.41) is 41.3. The number of allylic oxidation sites excluding steroid dienone is 4. The van der Waals surface area contributed by atoms with Crippen molar-refractivity contribution in [3.05, 3.63) is 351 Å². The Morgan fingerprint density at radius 3 is 1.20 bits per heavy atom. The minimum absolute atomic E-state index is 0.440. The number of hydrogen-bond donors (Lipinski definition) is 0. The number of para-hydroxylation sites is 2. The van der Waals surface area contributed by atoms with Gasteiger partial charge in [0.1, 0.15) is 0 Å². The van der Waals surface area contributed by atoms with Gasteiger partial charge in [0.2, 0.25) is 0 Å². The van der Waals surface area contributed by atoms with Gasteiger partial charge in [-0.15, -0.1) is 0 Å². The molecule has 0 fully saturated rings. The molecule has 0 saturated carbocycles. The molecule has 0 aliphatic heterocycles. The first-order chi connectivity index (χ1) is 55.9. The zero-order valence-electron chi connectivity index (χ0n) is 62.5. The van der Waals surface area contributed by atoms with Gasteiger partial charge in [-0.2, -0.15) is 0 Å². The predicted molar refractivity (Wildman–Crippen MR) is 487 cm³/mol. The van der Waals surface area contributed by atoms with Crippen LogP contribution in [0.2, 0.25) is 0 Å². The molecule has 1 aliphatic rings. The molecule has 0 spiro atoms. The van der Waals surface area contributed by atoms with Crippen molar-refractivity contribution in [3.63, 3.8) is 0 Å². The molecule has 2 aromatic heterocycles. The summed E-state index contributed by atoms with van der Waals surface area (Å²) in [4.78, 5) is 0. The fourth-order valence-electron chi connectivity index (χ4n) is 22.1. The lowest BCUT2D eigenvalue weighted by Crippen LogP contribution is -2.07. The highest BCUT2D eigenvalue weighted by atomic mass is 15.0. The van der Waals surface area contributed by atoms with E-state index in [4.69, 9.17) is 0 Å². The molecule has 1 aliphatic carbocycles. The number of rotatable bonds is 7. The second-order valence-corrected chi connectivity index (χ2v) is 32.3. The lowest BCUT2D eigenvalue weighted by atomic mass is 9.84. The van der Waals surface area contributed by atoms with Gasteiger partial charge in [-0.1, -0.05) is 292 Å². The second-order valence-electron chi connectivity index (χ2n) is 32.3. The van der Waals surface area contributed by atoms with E-state index in [9.17, 15) is 0 Å². The van der Waals surface area contributed by atoms with Crippen molar-refractivity contribution in [2.45, 2.75) is 27.2 Å². The smallest absolute Gasteiger partial charge is 0.0553 e. The molecule has 2 heterocycles. The van der Waals surface area contributed by atoms with E-state index in [2.05, 4.69) is 370 Å². The van der Waals surface area contributed by atoms with E-state index in [-0.39, 0.29) is 0 Å². The Balaban J connectivity index is 0.780.